The maximum Gasteiger partial charge on any atom is 0.247 e. The van der Waals surface area contributed by atoms with E-state index >= 15 is 0 Å². The lowest BCUT2D eigenvalue weighted by molar-refractivity contribution is 0.316. The largest absolute Gasteiger partial charge is 0.408 e. The quantitative estimate of drug-likeness (QED) is 0.213. The summed E-state index contributed by atoms with van der Waals surface area (Å²) in [6.07, 6.45) is 4.32. The van der Waals surface area contributed by atoms with Crippen molar-refractivity contribution in [2.75, 3.05) is 11.4 Å². The Kier molecular flexibility index (Phi) is 7.39. The van der Waals surface area contributed by atoms with Crippen LogP contribution in [0.3, 0.4) is 0 Å². The number of anilines is 1. The Morgan fingerprint density at radius 2 is 2.00 bits per heavy atom. The normalized spacial score (nSPS) is 11.2. The molecule has 1 aromatic carbocycles. The highest BCUT2D eigenvalue weighted by Crippen LogP contribution is 2.19. The Balaban J connectivity index is 2.87. The summed E-state index contributed by atoms with van der Waals surface area (Å²) in [5.41, 5.74) is 6.13. The maximum absolute atomic E-state index is 9.17. The molecule has 21 heavy (non-hydrogen) atoms. The molecule has 0 amide bonds. The predicted octanol–water partition coefficient (Wildman–Crippen LogP) is 2.95. The van der Waals surface area contributed by atoms with Crippen molar-refractivity contribution in [3.8, 4) is 0 Å². The molecule has 0 unspecified atom stereocenters. The Hall–Kier alpha value is -1.95. The van der Waals surface area contributed by atoms with Crippen LogP contribution in [0, 0.1) is 5.41 Å². The molecule has 0 bridgehead atoms. The van der Waals surface area contributed by atoms with Crippen LogP contribution in [0.1, 0.15) is 32.6 Å². The molecule has 0 heterocycles. The number of oxime groups is 1. The van der Waals surface area contributed by atoms with E-state index < -0.39 is 0 Å². The smallest absolute Gasteiger partial charge is 0.247 e. The minimum absolute atomic E-state index is 0.126. The lowest BCUT2D eigenvalue weighted by Gasteiger charge is -2.25. The minimum Gasteiger partial charge on any atom is -0.408 e. The first-order chi connectivity index (χ1) is 10.1. The average molecular weight is 312 g/mol. The van der Waals surface area contributed by atoms with Gasteiger partial charge in [0.15, 0.2) is 5.96 Å². The van der Waals surface area contributed by atoms with Gasteiger partial charge in [-0.25, -0.2) is 0 Å². The average Bonchev–Trinajstić information content (AvgIpc) is 2.46. The van der Waals surface area contributed by atoms with Crippen LogP contribution in [0.15, 0.2) is 29.4 Å². The van der Waals surface area contributed by atoms with E-state index in [1.807, 2.05) is 12.1 Å². The van der Waals surface area contributed by atoms with E-state index in [2.05, 4.69) is 17.4 Å². The van der Waals surface area contributed by atoms with Crippen LogP contribution < -0.4 is 16.0 Å². The highest BCUT2D eigenvalue weighted by molar-refractivity contribution is 6.30. The van der Waals surface area contributed by atoms with E-state index in [0.717, 1.165) is 31.4 Å². The molecule has 116 valence electrons. The fraction of sp³-hybridized carbons (Fsp3) is 0.429. The van der Waals surface area contributed by atoms with Crippen molar-refractivity contribution < 1.29 is 5.21 Å². The Labute approximate surface area is 130 Å². The highest BCUT2D eigenvalue weighted by atomic mass is 35.5. The lowest BCUT2D eigenvalue weighted by Crippen LogP contribution is -2.47. The van der Waals surface area contributed by atoms with Crippen LogP contribution in [0.4, 0.5) is 5.69 Å². The van der Waals surface area contributed by atoms with Gasteiger partial charge >= 0.3 is 0 Å². The fourth-order valence-electron chi connectivity index (χ4n) is 1.94. The molecule has 1 aromatic rings. The van der Waals surface area contributed by atoms with Crippen LogP contribution in [-0.2, 0) is 0 Å². The number of nitrogens with two attached hydrogens (primary N) is 1. The molecule has 0 radical (unpaired) electrons. The monoisotopic (exact) mass is 311 g/mol. The number of unbranched alkanes of at least 4 members (excludes halogenated alkanes) is 3. The van der Waals surface area contributed by atoms with Gasteiger partial charge in [0.2, 0.25) is 5.96 Å². The fourth-order valence-corrected chi connectivity index (χ4v) is 2.07. The second-order valence-electron chi connectivity index (χ2n) is 4.65. The number of rotatable bonds is 6. The topological polar surface area (TPSA) is 97.7 Å². The summed E-state index contributed by atoms with van der Waals surface area (Å²) in [7, 11) is 0. The molecule has 0 aliphatic rings. The molecule has 0 saturated carbocycles. The molecular formula is C14H22ClN5O. The molecule has 0 atom stereocenters. The summed E-state index contributed by atoms with van der Waals surface area (Å²) in [6, 6.07) is 7.18. The Bertz CT molecular complexity index is 475. The first kappa shape index (κ1) is 17.1. The van der Waals surface area contributed by atoms with Crippen molar-refractivity contribution in [3.63, 3.8) is 0 Å². The van der Waals surface area contributed by atoms with Gasteiger partial charge in [0, 0.05) is 17.3 Å². The van der Waals surface area contributed by atoms with E-state index in [0.29, 0.717) is 11.6 Å². The summed E-state index contributed by atoms with van der Waals surface area (Å²) in [6.45, 7) is 2.80. The maximum atomic E-state index is 9.17. The van der Waals surface area contributed by atoms with E-state index in [1.54, 1.807) is 17.0 Å². The second kappa shape index (κ2) is 9.07. The van der Waals surface area contributed by atoms with Gasteiger partial charge in [0.25, 0.3) is 0 Å². The zero-order chi connectivity index (χ0) is 15.7. The van der Waals surface area contributed by atoms with E-state index in [4.69, 9.17) is 28.0 Å². The van der Waals surface area contributed by atoms with Crippen LogP contribution in [0.5, 0.6) is 0 Å². The standard InChI is InChI=1S/C14H22ClN5O/c1-2-3-4-5-10-20(14(19-21)18-13(16)17)12-8-6-11(15)7-9-12/h6-9,21H,2-5,10H2,1H3,(H4,16,17,18,19). The van der Waals surface area contributed by atoms with Crippen molar-refractivity contribution in [3.05, 3.63) is 29.3 Å². The third kappa shape index (κ3) is 5.91. The summed E-state index contributed by atoms with van der Waals surface area (Å²) in [4.78, 5) is 1.77. The number of nitrogens with one attached hydrogen (secondary N) is 2. The van der Waals surface area contributed by atoms with Gasteiger partial charge in [-0.15, -0.1) is 0 Å². The molecule has 0 saturated heterocycles. The van der Waals surface area contributed by atoms with Gasteiger partial charge < -0.3 is 15.8 Å². The summed E-state index contributed by atoms with van der Waals surface area (Å²) in [5, 5.41) is 22.8. The summed E-state index contributed by atoms with van der Waals surface area (Å²) in [5.74, 6) is -0.156. The molecule has 0 aromatic heterocycles. The van der Waals surface area contributed by atoms with Crippen molar-refractivity contribution >= 4 is 29.2 Å². The molecule has 7 heteroatoms. The number of hydrogen-bond acceptors (Lipinski definition) is 3. The number of halogens is 1. The predicted molar refractivity (Wildman–Crippen MR) is 87.2 cm³/mol. The SMILES string of the molecule is CCCCCCN(C(=NO)NC(=N)N)c1ccc(Cl)cc1. The van der Waals surface area contributed by atoms with E-state index in [9.17, 15) is 0 Å². The van der Waals surface area contributed by atoms with Gasteiger partial charge in [-0.2, -0.15) is 0 Å². The molecule has 0 spiro atoms. The van der Waals surface area contributed by atoms with Crippen LogP contribution in [0.2, 0.25) is 5.02 Å². The van der Waals surface area contributed by atoms with Gasteiger partial charge in [-0.3, -0.25) is 10.7 Å². The summed E-state index contributed by atoms with van der Waals surface area (Å²) < 4.78 is 0. The third-order valence-corrected chi connectivity index (χ3v) is 3.22. The van der Waals surface area contributed by atoms with Crippen molar-refractivity contribution in [1.82, 2.24) is 5.32 Å². The highest BCUT2D eigenvalue weighted by Gasteiger charge is 2.15. The second-order valence-corrected chi connectivity index (χ2v) is 5.09. The minimum atomic E-state index is -0.282. The zero-order valence-electron chi connectivity index (χ0n) is 12.1. The van der Waals surface area contributed by atoms with Gasteiger partial charge in [-0.1, -0.05) is 42.9 Å². The first-order valence-electron chi connectivity index (χ1n) is 6.94. The molecule has 6 nitrogen and oxygen atoms in total. The number of guanidine groups is 2. The molecule has 5 N–H and O–H groups in total. The van der Waals surface area contributed by atoms with Crippen LogP contribution in [-0.4, -0.2) is 23.7 Å². The van der Waals surface area contributed by atoms with Crippen molar-refractivity contribution in [1.29, 1.82) is 5.41 Å². The molecule has 1 rings (SSSR count). The third-order valence-electron chi connectivity index (χ3n) is 2.97. The van der Waals surface area contributed by atoms with E-state index in [1.165, 1.54) is 0 Å². The zero-order valence-corrected chi connectivity index (χ0v) is 12.9. The van der Waals surface area contributed by atoms with Gasteiger partial charge in [0.05, 0.1) is 0 Å². The lowest BCUT2D eigenvalue weighted by atomic mass is 10.2. The van der Waals surface area contributed by atoms with Crippen LogP contribution in [0.25, 0.3) is 0 Å². The Morgan fingerprint density at radius 1 is 1.33 bits per heavy atom. The number of nitrogens with zero attached hydrogens (tertiary/aromatic N) is 2. The van der Waals surface area contributed by atoms with Crippen molar-refractivity contribution in [2.24, 2.45) is 10.9 Å². The number of benzene rings is 1. The van der Waals surface area contributed by atoms with Crippen molar-refractivity contribution in [2.45, 2.75) is 32.6 Å². The molecule has 0 aliphatic heterocycles. The molecule has 0 fully saturated rings. The first-order valence-corrected chi connectivity index (χ1v) is 7.32. The number of hydrogen-bond donors (Lipinski definition) is 4. The molecular weight excluding hydrogens is 290 g/mol. The van der Waals surface area contributed by atoms with Gasteiger partial charge in [0.1, 0.15) is 0 Å². The Morgan fingerprint density at radius 3 is 2.52 bits per heavy atom. The van der Waals surface area contributed by atoms with E-state index in [-0.39, 0.29) is 11.9 Å². The van der Waals surface area contributed by atoms with Crippen LogP contribution >= 0.6 is 11.6 Å². The summed E-state index contributed by atoms with van der Waals surface area (Å²) >= 11 is 5.89. The van der Waals surface area contributed by atoms with Gasteiger partial charge in [-0.05, 0) is 30.7 Å². The molecule has 0 aliphatic carbocycles.